The molecule has 5 nitrogen and oxygen atoms in total. The third-order valence-corrected chi connectivity index (χ3v) is 5.03. The molecule has 1 aliphatic heterocycles. The van der Waals surface area contributed by atoms with Gasteiger partial charge in [0.2, 0.25) is 0 Å². The van der Waals surface area contributed by atoms with Gasteiger partial charge in [0.05, 0.1) is 11.4 Å². The number of hydrogen-bond acceptors (Lipinski definition) is 4. The summed E-state index contributed by atoms with van der Waals surface area (Å²) in [5.74, 6) is -3.72. The number of anilines is 1. The summed E-state index contributed by atoms with van der Waals surface area (Å²) >= 11 is 1.49. The number of rotatable bonds is 4. The summed E-state index contributed by atoms with van der Waals surface area (Å²) in [5.41, 5.74) is -1.37. The van der Waals surface area contributed by atoms with E-state index in [9.17, 15) is 22.0 Å². The maximum absolute atomic E-state index is 13.8. The molecule has 2 aromatic rings. The van der Waals surface area contributed by atoms with Crippen LogP contribution in [0.4, 0.5) is 27.8 Å². The van der Waals surface area contributed by atoms with E-state index in [4.69, 9.17) is 0 Å². The first-order valence-electron chi connectivity index (χ1n) is 7.76. The van der Waals surface area contributed by atoms with Gasteiger partial charge in [-0.05, 0) is 24.6 Å². The zero-order chi connectivity index (χ0) is 20.1. The minimum atomic E-state index is -5.74. The smallest absolute Gasteiger partial charge is 0.444 e. The molecule has 0 aliphatic carbocycles. The Balaban J connectivity index is 0.00000280. The van der Waals surface area contributed by atoms with Crippen LogP contribution in [-0.2, 0) is 33.6 Å². The number of alkyl halides is 5. The Morgan fingerprint density at radius 3 is 2.46 bits per heavy atom. The normalized spacial score (nSPS) is 14.3. The van der Waals surface area contributed by atoms with Gasteiger partial charge < -0.3 is 19.4 Å². The molecule has 2 aromatic heterocycles. The first kappa shape index (κ1) is 22.6. The Kier molecular flexibility index (Phi) is 6.16. The molecule has 3 heterocycles. The van der Waals surface area contributed by atoms with Crippen LogP contribution in [-0.4, -0.2) is 37.0 Å². The van der Waals surface area contributed by atoms with Crippen molar-refractivity contribution >= 4 is 23.7 Å². The van der Waals surface area contributed by atoms with Gasteiger partial charge in [-0.15, -0.1) is 0 Å². The largest absolute Gasteiger partial charge is 0.458 e. The standard InChI is InChI=1S/C16H15F5N5S.Zn/c1-5-27-14-11(22-7-25(14)3)13-24-10-6-9(15(17,18)16(19,20)21)8(2)23-12(10)26(13)4;/h6,23H,2,5H2,1,3-4H3;/q-1;. The molecule has 0 radical (unpaired) electrons. The van der Waals surface area contributed by atoms with Crippen molar-refractivity contribution < 1.29 is 41.4 Å². The number of thioether (sulfide) groups is 1. The second-order valence-electron chi connectivity index (χ2n) is 5.82. The molecule has 0 saturated heterocycles. The van der Waals surface area contributed by atoms with Gasteiger partial charge in [0, 0.05) is 38.6 Å². The van der Waals surface area contributed by atoms with Gasteiger partial charge in [0.15, 0.2) is 0 Å². The number of nitrogens with one attached hydrogen (secondary N) is 1. The molecule has 0 saturated carbocycles. The van der Waals surface area contributed by atoms with Crippen LogP contribution < -0.4 is 5.32 Å². The fraction of sp³-hybridized carbons (Fsp3) is 0.375. The van der Waals surface area contributed by atoms with E-state index in [0.29, 0.717) is 17.6 Å². The molecule has 28 heavy (non-hydrogen) atoms. The van der Waals surface area contributed by atoms with Gasteiger partial charge in [0.1, 0.15) is 11.5 Å². The van der Waals surface area contributed by atoms with Crippen LogP contribution in [0.5, 0.6) is 0 Å². The van der Waals surface area contributed by atoms with Gasteiger partial charge in [-0.3, -0.25) is 0 Å². The van der Waals surface area contributed by atoms with Gasteiger partial charge >= 0.3 is 12.1 Å². The number of fused-ring (bicyclic) bond motifs is 1. The van der Waals surface area contributed by atoms with E-state index in [-0.39, 0.29) is 31.0 Å². The Hall–Kier alpha value is -1.68. The average molecular weight is 470 g/mol. The predicted molar refractivity (Wildman–Crippen MR) is 92.4 cm³/mol. The topological polar surface area (TPSA) is 47.7 Å². The van der Waals surface area contributed by atoms with E-state index >= 15 is 0 Å². The SMILES string of the molecule is C=C1Nc2c(nc(-c3n[c-]n(C)c3SCC)n2C)C=C1C(F)(F)C(F)(F)F.[Zn]. The van der Waals surface area contributed by atoms with E-state index in [1.165, 1.54) is 16.3 Å². The van der Waals surface area contributed by atoms with Crippen molar-refractivity contribution in [2.24, 2.45) is 14.1 Å². The van der Waals surface area contributed by atoms with Gasteiger partial charge in [-0.2, -0.15) is 33.7 Å². The van der Waals surface area contributed by atoms with Crippen molar-refractivity contribution in [2.75, 3.05) is 11.1 Å². The second kappa shape index (κ2) is 7.63. The molecule has 0 fully saturated rings. The third-order valence-electron chi connectivity index (χ3n) is 4.00. The summed E-state index contributed by atoms with van der Waals surface area (Å²) in [6.07, 6.45) is -2.26. The Bertz CT molecular complexity index is 944. The monoisotopic (exact) mass is 468 g/mol. The molecule has 0 aromatic carbocycles. The summed E-state index contributed by atoms with van der Waals surface area (Å²) in [7, 11) is 3.36. The van der Waals surface area contributed by atoms with Crippen molar-refractivity contribution in [3.05, 3.63) is 29.9 Å². The van der Waals surface area contributed by atoms with Crippen molar-refractivity contribution in [1.29, 1.82) is 0 Å². The maximum Gasteiger partial charge on any atom is 0.458 e. The minimum absolute atomic E-state index is 0. The third kappa shape index (κ3) is 3.52. The molecule has 148 valence electrons. The molecule has 1 N–H and O–H groups in total. The molecule has 0 spiro atoms. The molecule has 0 unspecified atom stereocenters. The van der Waals surface area contributed by atoms with Gasteiger partial charge in [0.25, 0.3) is 0 Å². The fourth-order valence-electron chi connectivity index (χ4n) is 2.67. The van der Waals surface area contributed by atoms with Crippen LogP contribution in [0.25, 0.3) is 17.6 Å². The number of hydrogen-bond donors (Lipinski definition) is 1. The summed E-state index contributed by atoms with van der Waals surface area (Å²) in [5, 5.41) is 3.27. The Morgan fingerprint density at radius 2 is 1.89 bits per heavy atom. The first-order valence-corrected chi connectivity index (χ1v) is 8.74. The zero-order valence-electron chi connectivity index (χ0n) is 15.3. The summed E-state index contributed by atoms with van der Waals surface area (Å²) in [6, 6.07) is 0. The number of aromatic nitrogens is 4. The van der Waals surface area contributed by atoms with Crippen molar-refractivity contribution in [1.82, 2.24) is 19.1 Å². The maximum atomic E-state index is 13.8. The Morgan fingerprint density at radius 1 is 1.25 bits per heavy atom. The molecule has 0 amide bonds. The summed E-state index contributed by atoms with van der Waals surface area (Å²) in [6.45, 7) is 5.27. The molecule has 3 rings (SSSR count). The van der Waals surface area contributed by atoms with E-state index in [1.54, 1.807) is 18.7 Å². The summed E-state index contributed by atoms with van der Waals surface area (Å²) < 4.78 is 69.1. The number of allylic oxidation sites excluding steroid dienone is 1. The molecule has 0 atom stereocenters. The van der Waals surface area contributed by atoms with Crippen molar-refractivity contribution in [2.45, 2.75) is 24.0 Å². The number of nitrogens with zero attached hydrogens (tertiary/aromatic N) is 4. The molecular weight excluding hydrogens is 455 g/mol. The van der Waals surface area contributed by atoms with Crippen LogP contribution >= 0.6 is 11.8 Å². The van der Waals surface area contributed by atoms with Crippen LogP contribution in [0.3, 0.4) is 0 Å². The molecular formula is C16H15F5N5SZn-. The van der Waals surface area contributed by atoms with E-state index in [2.05, 4.69) is 28.2 Å². The van der Waals surface area contributed by atoms with E-state index in [1.807, 2.05) is 6.92 Å². The molecule has 12 heteroatoms. The number of aryl methyl sites for hydroxylation is 1. The molecule has 0 bridgehead atoms. The second-order valence-corrected chi connectivity index (χ2v) is 7.07. The van der Waals surface area contributed by atoms with E-state index in [0.717, 1.165) is 10.8 Å². The van der Waals surface area contributed by atoms with Crippen LogP contribution in [0.1, 0.15) is 12.6 Å². The van der Waals surface area contributed by atoms with Crippen LogP contribution in [0, 0.1) is 6.33 Å². The van der Waals surface area contributed by atoms with Crippen LogP contribution in [0.2, 0.25) is 0 Å². The Labute approximate surface area is 174 Å². The summed E-state index contributed by atoms with van der Waals surface area (Å²) in [4.78, 5) is 8.40. The fourth-order valence-corrected chi connectivity index (χ4v) is 3.45. The van der Waals surface area contributed by atoms with Crippen molar-refractivity contribution in [3.63, 3.8) is 0 Å². The van der Waals surface area contributed by atoms with E-state index < -0.39 is 23.4 Å². The zero-order valence-corrected chi connectivity index (χ0v) is 19.1. The van der Waals surface area contributed by atoms with Crippen molar-refractivity contribution in [3.8, 4) is 11.5 Å². The first-order chi connectivity index (χ1) is 12.5. The van der Waals surface area contributed by atoms with Crippen LogP contribution in [0.15, 0.2) is 22.9 Å². The number of halogens is 5. The van der Waals surface area contributed by atoms with Gasteiger partial charge in [-0.25, -0.2) is 4.98 Å². The predicted octanol–water partition coefficient (Wildman–Crippen LogP) is 4.25. The minimum Gasteiger partial charge on any atom is -0.444 e. The molecule has 1 aliphatic rings. The quantitative estimate of drug-likeness (QED) is 0.315. The van der Waals surface area contributed by atoms with Gasteiger partial charge in [-0.1, -0.05) is 18.5 Å². The number of imidazole rings is 2. The average Bonchev–Trinajstić information content (AvgIpc) is 3.07.